The van der Waals surface area contributed by atoms with E-state index < -0.39 is 11.6 Å². The zero-order valence-electron chi connectivity index (χ0n) is 18.3. The highest BCUT2D eigenvalue weighted by Crippen LogP contribution is 2.35. The number of urea groups is 1. The number of hydrogen-bond donors (Lipinski definition) is 2. The number of ether oxygens (including phenoxy) is 2. The van der Waals surface area contributed by atoms with Gasteiger partial charge in [-0.25, -0.2) is 4.79 Å². The Balaban J connectivity index is 1.40. The molecule has 1 aliphatic carbocycles. The van der Waals surface area contributed by atoms with Crippen molar-refractivity contribution in [2.24, 2.45) is 0 Å². The average Bonchev–Trinajstić information content (AvgIpc) is 3.07. The van der Waals surface area contributed by atoms with Crippen molar-refractivity contribution in [1.82, 2.24) is 15.5 Å². The monoisotopic (exact) mass is 429 g/mol. The number of rotatable bonds is 6. The van der Waals surface area contributed by atoms with Crippen molar-refractivity contribution in [2.45, 2.75) is 77.0 Å². The molecule has 2 fully saturated rings. The van der Waals surface area contributed by atoms with Gasteiger partial charge in [-0.1, -0.05) is 25.7 Å². The Labute approximate surface area is 182 Å². The number of nitrogens with one attached hydrogen (secondary N) is 2. The lowest BCUT2D eigenvalue weighted by Crippen LogP contribution is -2.47. The molecule has 1 saturated heterocycles. The summed E-state index contributed by atoms with van der Waals surface area (Å²) in [6.07, 6.45) is 6.17. The van der Waals surface area contributed by atoms with Gasteiger partial charge in [-0.2, -0.15) is 0 Å². The number of hydrogen-bond acceptors (Lipinski definition) is 5. The molecular formula is C23H31N3O5. The third kappa shape index (κ3) is 4.34. The lowest BCUT2D eigenvalue weighted by atomic mass is 9.90. The highest BCUT2D eigenvalue weighted by atomic mass is 16.5. The van der Waals surface area contributed by atoms with Crippen LogP contribution in [0.2, 0.25) is 0 Å². The van der Waals surface area contributed by atoms with Crippen LogP contribution in [-0.4, -0.2) is 47.5 Å². The fourth-order valence-electron chi connectivity index (χ4n) is 4.79. The molecule has 0 radical (unpaired) electrons. The highest BCUT2D eigenvalue weighted by molar-refractivity contribution is 6.09. The van der Waals surface area contributed by atoms with Crippen LogP contribution in [0.1, 0.15) is 63.5 Å². The second-order valence-electron chi connectivity index (χ2n) is 8.73. The maximum Gasteiger partial charge on any atom is 0.325 e. The maximum absolute atomic E-state index is 13.0. The van der Waals surface area contributed by atoms with E-state index in [4.69, 9.17) is 9.47 Å². The first-order chi connectivity index (χ1) is 14.9. The Hall–Kier alpha value is -2.77. The summed E-state index contributed by atoms with van der Waals surface area (Å²) in [5.41, 5.74) is 1.07. The smallest absolute Gasteiger partial charge is 0.325 e. The van der Waals surface area contributed by atoms with Crippen LogP contribution in [0.3, 0.4) is 0 Å². The molecule has 4 amide bonds. The minimum atomic E-state index is -0.829. The minimum Gasteiger partial charge on any atom is -0.494 e. The van der Waals surface area contributed by atoms with Crippen molar-refractivity contribution in [3.05, 3.63) is 23.3 Å². The van der Waals surface area contributed by atoms with Crippen molar-refractivity contribution in [3.8, 4) is 11.5 Å². The quantitative estimate of drug-likeness (QED) is 0.678. The predicted octanol–water partition coefficient (Wildman–Crippen LogP) is 2.67. The van der Waals surface area contributed by atoms with E-state index >= 15 is 0 Å². The van der Waals surface area contributed by atoms with E-state index in [9.17, 15) is 14.4 Å². The summed E-state index contributed by atoms with van der Waals surface area (Å²) in [5, 5.41) is 5.69. The fraction of sp³-hybridized carbons (Fsp3) is 0.609. The van der Waals surface area contributed by atoms with Crippen molar-refractivity contribution in [1.29, 1.82) is 0 Å². The molecule has 2 N–H and O–H groups in total. The Morgan fingerprint density at radius 2 is 2.00 bits per heavy atom. The van der Waals surface area contributed by atoms with Gasteiger partial charge in [-0.15, -0.1) is 0 Å². The average molecular weight is 430 g/mol. The van der Waals surface area contributed by atoms with E-state index in [1.807, 2.05) is 26.0 Å². The first-order valence-corrected chi connectivity index (χ1v) is 11.3. The van der Waals surface area contributed by atoms with Crippen LogP contribution in [0, 0.1) is 0 Å². The van der Waals surface area contributed by atoms with E-state index in [0.29, 0.717) is 25.2 Å². The Morgan fingerprint density at radius 3 is 2.71 bits per heavy atom. The Bertz CT molecular complexity index is 876. The van der Waals surface area contributed by atoms with Crippen LogP contribution in [0.25, 0.3) is 0 Å². The number of fused-ring (bicyclic) bond motifs is 1. The fourth-order valence-corrected chi connectivity index (χ4v) is 4.79. The molecule has 1 saturated carbocycles. The molecule has 1 spiro atoms. The van der Waals surface area contributed by atoms with Gasteiger partial charge in [-0.05, 0) is 38.8 Å². The third-order valence-electron chi connectivity index (χ3n) is 6.36. The van der Waals surface area contributed by atoms with Crippen molar-refractivity contribution >= 4 is 17.8 Å². The molecule has 8 heteroatoms. The summed E-state index contributed by atoms with van der Waals surface area (Å²) in [6.45, 7) is 4.39. The number of amides is 4. The zero-order valence-corrected chi connectivity index (χ0v) is 18.3. The predicted molar refractivity (Wildman–Crippen MR) is 114 cm³/mol. The standard InChI is InChI=1S/C23H31N3O5/c1-3-30-18-11-16-10-15(2)31-19(16)12-17(18)13-24-20(27)14-26-21(28)23(25-22(26)29)8-6-4-5-7-9-23/h11-12,15H,3-10,13-14H2,1-2H3,(H,24,27)(H,25,29)/t15-/m0/s1. The van der Waals surface area contributed by atoms with Crippen molar-refractivity contribution < 1.29 is 23.9 Å². The summed E-state index contributed by atoms with van der Waals surface area (Å²) >= 11 is 0. The van der Waals surface area contributed by atoms with Crippen LogP contribution in [0.15, 0.2) is 12.1 Å². The molecule has 2 heterocycles. The largest absolute Gasteiger partial charge is 0.494 e. The topological polar surface area (TPSA) is 97.0 Å². The highest BCUT2D eigenvalue weighted by Gasteiger charge is 2.51. The van der Waals surface area contributed by atoms with Crippen LogP contribution in [-0.2, 0) is 22.6 Å². The summed E-state index contributed by atoms with van der Waals surface area (Å²) in [4.78, 5) is 39.1. The molecule has 1 aromatic rings. The summed E-state index contributed by atoms with van der Waals surface area (Å²) in [6, 6.07) is 3.40. The first kappa shape index (κ1) is 21.5. The SMILES string of the molecule is CCOc1cc2c(cc1CNC(=O)CN1C(=O)NC3(CCCCCC3)C1=O)O[C@@H](C)C2. The number of carbonyl (C=O) groups excluding carboxylic acids is 3. The van der Waals surface area contributed by atoms with E-state index in [0.717, 1.165) is 53.9 Å². The molecule has 8 nitrogen and oxygen atoms in total. The number of benzene rings is 1. The Morgan fingerprint density at radius 1 is 1.26 bits per heavy atom. The van der Waals surface area contributed by atoms with E-state index in [-0.39, 0.29) is 31.0 Å². The summed E-state index contributed by atoms with van der Waals surface area (Å²) in [5.74, 6) is 0.868. The molecule has 31 heavy (non-hydrogen) atoms. The van der Waals surface area contributed by atoms with Gasteiger partial charge in [0, 0.05) is 24.1 Å². The third-order valence-corrected chi connectivity index (χ3v) is 6.36. The Kier molecular flexibility index (Phi) is 6.07. The molecule has 1 aromatic carbocycles. The second kappa shape index (κ2) is 8.77. The molecule has 4 rings (SSSR count). The van der Waals surface area contributed by atoms with E-state index in [1.54, 1.807) is 0 Å². The van der Waals surface area contributed by atoms with Gasteiger partial charge < -0.3 is 20.1 Å². The first-order valence-electron chi connectivity index (χ1n) is 11.3. The number of imide groups is 1. The lowest BCUT2D eigenvalue weighted by Gasteiger charge is -2.24. The van der Waals surface area contributed by atoms with E-state index in [2.05, 4.69) is 10.6 Å². The summed E-state index contributed by atoms with van der Waals surface area (Å²) < 4.78 is 11.6. The minimum absolute atomic E-state index is 0.116. The molecule has 168 valence electrons. The van der Waals surface area contributed by atoms with Gasteiger partial charge in [0.15, 0.2) is 0 Å². The van der Waals surface area contributed by atoms with E-state index in [1.165, 1.54) is 0 Å². The van der Waals surface area contributed by atoms with Crippen LogP contribution in [0.5, 0.6) is 11.5 Å². The lowest BCUT2D eigenvalue weighted by molar-refractivity contribution is -0.135. The molecule has 0 aromatic heterocycles. The maximum atomic E-state index is 13.0. The van der Waals surface area contributed by atoms with Crippen molar-refractivity contribution in [2.75, 3.05) is 13.2 Å². The molecule has 3 aliphatic rings. The number of nitrogens with zero attached hydrogens (tertiary/aromatic N) is 1. The summed E-state index contributed by atoms with van der Waals surface area (Å²) in [7, 11) is 0. The van der Waals surface area contributed by atoms with Gasteiger partial charge in [0.05, 0.1) is 6.61 Å². The van der Waals surface area contributed by atoms with Gasteiger partial charge in [-0.3, -0.25) is 14.5 Å². The molecular weight excluding hydrogens is 398 g/mol. The van der Waals surface area contributed by atoms with Gasteiger partial charge >= 0.3 is 6.03 Å². The molecule has 2 aliphatic heterocycles. The van der Waals surface area contributed by atoms with Gasteiger partial charge in [0.25, 0.3) is 5.91 Å². The van der Waals surface area contributed by atoms with Gasteiger partial charge in [0.2, 0.25) is 5.91 Å². The molecule has 0 bridgehead atoms. The van der Waals surface area contributed by atoms with Gasteiger partial charge in [0.1, 0.15) is 29.7 Å². The molecule has 0 unspecified atom stereocenters. The van der Waals surface area contributed by atoms with Crippen molar-refractivity contribution in [3.63, 3.8) is 0 Å². The van der Waals surface area contributed by atoms with Crippen LogP contribution < -0.4 is 20.1 Å². The van der Waals surface area contributed by atoms with Crippen LogP contribution >= 0.6 is 0 Å². The molecule has 1 atom stereocenters. The second-order valence-corrected chi connectivity index (χ2v) is 8.73. The van der Waals surface area contributed by atoms with Crippen LogP contribution in [0.4, 0.5) is 4.79 Å². The zero-order chi connectivity index (χ0) is 22.0. The normalized spacial score (nSPS) is 22.0. The number of carbonyl (C=O) groups is 3.